The summed E-state index contributed by atoms with van der Waals surface area (Å²) in [6.45, 7) is 2.87. The summed E-state index contributed by atoms with van der Waals surface area (Å²) >= 11 is 6.18. The Morgan fingerprint density at radius 3 is 2.48 bits per heavy atom. The van der Waals surface area contributed by atoms with Gasteiger partial charge in [-0.25, -0.2) is 8.42 Å². The molecule has 1 unspecified atom stereocenters. The van der Waals surface area contributed by atoms with Crippen molar-refractivity contribution in [1.82, 2.24) is 10.2 Å². The number of carbonyl (C=O) groups is 2. The average molecular weight is 592 g/mol. The molecule has 40 heavy (non-hydrogen) atoms. The predicted octanol–water partition coefficient (Wildman–Crippen LogP) is 4.52. The Labute approximate surface area is 241 Å². The first-order chi connectivity index (χ1) is 19.1. The van der Waals surface area contributed by atoms with Gasteiger partial charge < -0.3 is 19.7 Å². The zero-order valence-electron chi connectivity index (χ0n) is 23.1. The summed E-state index contributed by atoms with van der Waals surface area (Å²) in [6, 6.07) is 11.6. The number of ether oxygens (including phenoxy) is 2. The summed E-state index contributed by atoms with van der Waals surface area (Å²) in [6.07, 6.45) is 6.72. The number of anilines is 1. The van der Waals surface area contributed by atoms with Crippen molar-refractivity contribution in [3.8, 4) is 11.5 Å². The van der Waals surface area contributed by atoms with E-state index in [0.29, 0.717) is 35.4 Å². The van der Waals surface area contributed by atoms with E-state index in [2.05, 4.69) is 5.32 Å². The Balaban J connectivity index is 1.45. The third-order valence-corrected chi connectivity index (χ3v) is 8.76. The lowest BCUT2D eigenvalue weighted by Gasteiger charge is -2.31. The van der Waals surface area contributed by atoms with Crippen molar-refractivity contribution >= 4 is 39.1 Å². The monoisotopic (exact) mass is 591 g/mol. The summed E-state index contributed by atoms with van der Waals surface area (Å²) in [4.78, 5) is 28.3. The minimum Gasteiger partial charge on any atom is -0.486 e. The minimum atomic E-state index is -3.63. The van der Waals surface area contributed by atoms with E-state index in [4.69, 9.17) is 21.1 Å². The van der Waals surface area contributed by atoms with Crippen LogP contribution >= 0.6 is 11.6 Å². The van der Waals surface area contributed by atoms with Gasteiger partial charge in [0.25, 0.3) is 0 Å². The molecule has 218 valence electrons. The fourth-order valence-electron chi connectivity index (χ4n) is 5.17. The number of benzene rings is 2. The molecule has 0 spiro atoms. The van der Waals surface area contributed by atoms with Crippen LogP contribution in [-0.4, -0.2) is 63.2 Å². The number of rotatable bonds is 11. The zero-order valence-corrected chi connectivity index (χ0v) is 24.7. The Kier molecular flexibility index (Phi) is 10.2. The van der Waals surface area contributed by atoms with Crippen molar-refractivity contribution in [1.29, 1.82) is 0 Å². The number of sulfonamides is 1. The molecule has 9 nitrogen and oxygen atoms in total. The van der Waals surface area contributed by atoms with Crippen LogP contribution in [0.2, 0.25) is 5.02 Å². The highest BCUT2D eigenvalue weighted by Gasteiger charge is 2.29. The third kappa shape index (κ3) is 8.04. The van der Waals surface area contributed by atoms with Crippen molar-refractivity contribution in [3.63, 3.8) is 0 Å². The standard InChI is InChI=1S/C29H38ClN3O6S/c1-21(29(35)31-24-10-4-3-5-11-24)32(20-22-8-6-9-23(30)18-22)28(34)12-7-15-33(40(2,36)37)25-13-14-26-27(19-25)39-17-16-38-26/h6,8-9,13-14,18-19,21,24H,3-5,7,10-12,15-17,20H2,1-2H3,(H,31,35). The van der Waals surface area contributed by atoms with Crippen LogP contribution in [0.5, 0.6) is 11.5 Å². The predicted molar refractivity (Wildman–Crippen MR) is 155 cm³/mol. The lowest BCUT2D eigenvalue weighted by Crippen LogP contribution is -2.50. The largest absolute Gasteiger partial charge is 0.486 e. The Hall–Kier alpha value is -2.98. The maximum absolute atomic E-state index is 13.5. The average Bonchev–Trinajstić information content (AvgIpc) is 2.93. The molecule has 2 aromatic carbocycles. The third-order valence-electron chi connectivity index (χ3n) is 7.33. The second-order valence-electron chi connectivity index (χ2n) is 10.4. The molecule has 1 atom stereocenters. The van der Waals surface area contributed by atoms with Crippen molar-refractivity contribution in [2.24, 2.45) is 0 Å². The fraction of sp³-hybridized carbons (Fsp3) is 0.517. The molecule has 0 bridgehead atoms. The van der Waals surface area contributed by atoms with Crippen LogP contribution in [0.15, 0.2) is 42.5 Å². The number of halogens is 1. The van der Waals surface area contributed by atoms with Crippen LogP contribution in [0.3, 0.4) is 0 Å². The Bertz CT molecular complexity index is 1300. The molecular formula is C29H38ClN3O6S. The quantitative estimate of drug-likeness (QED) is 0.412. The summed E-state index contributed by atoms with van der Waals surface area (Å²) in [5, 5.41) is 3.67. The zero-order chi connectivity index (χ0) is 28.7. The lowest BCUT2D eigenvalue weighted by atomic mass is 9.95. The minimum absolute atomic E-state index is 0.0676. The lowest BCUT2D eigenvalue weighted by molar-refractivity contribution is -0.141. The van der Waals surface area contributed by atoms with Gasteiger partial charge >= 0.3 is 0 Å². The molecule has 2 aromatic rings. The second kappa shape index (κ2) is 13.6. The maximum atomic E-state index is 13.5. The molecule has 1 N–H and O–H groups in total. The van der Waals surface area contributed by atoms with Crippen LogP contribution in [0, 0.1) is 0 Å². The van der Waals surface area contributed by atoms with E-state index in [0.717, 1.165) is 37.5 Å². The molecule has 2 aliphatic rings. The van der Waals surface area contributed by atoms with Gasteiger partial charge in [0.2, 0.25) is 21.8 Å². The van der Waals surface area contributed by atoms with Gasteiger partial charge in [-0.15, -0.1) is 0 Å². The molecule has 1 heterocycles. The summed E-state index contributed by atoms with van der Waals surface area (Å²) < 4.78 is 37.7. The van der Waals surface area contributed by atoms with E-state index < -0.39 is 16.1 Å². The van der Waals surface area contributed by atoms with Gasteiger partial charge in [-0.1, -0.05) is 43.0 Å². The molecule has 0 aromatic heterocycles. The number of nitrogens with zero attached hydrogens (tertiary/aromatic N) is 2. The molecule has 4 rings (SSSR count). The fourth-order valence-corrected chi connectivity index (χ4v) is 6.34. The van der Waals surface area contributed by atoms with Gasteiger partial charge in [0.1, 0.15) is 19.3 Å². The van der Waals surface area contributed by atoms with Crippen LogP contribution in [0.4, 0.5) is 5.69 Å². The molecular weight excluding hydrogens is 554 g/mol. The van der Waals surface area contributed by atoms with Crippen molar-refractivity contribution in [2.45, 2.75) is 70.5 Å². The van der Waals surface area contributed by atoms with Crippen molar-refractivity contribution in [2.75, 3.05) is 30.3 Å². The Morgan fingerprint density at radius 1 is 1.05 bits per heavy atom. The highest BCUT2D eigenvalue weighted by atomic mass is 35.5. The molecule has 1 fully saturated rings. The Morgan fingerprint density at radius 2 is 1.77 bits per heavy atom. The van der Waals surface area contributed by atoms with Gasteiger partial charge in [-0.2, -0.15) is 0 Å². The number of carbonyl (C=O) groups excluding carboxylic acids is 2. The van der Waals surface area contributed by atoms with Gasteiger partial charge in [0.05, 0.1) is 11.9 Å². The number of hydrogen-bond acceptors (Lipinski definition) is 6. The SMILES string of the molecule is CC(C(=O)NC1CCCCC1)N(Cc1cccc(Cl)c1)C(=O)CCCN(c1ccc2c(c1)OCCO2)S(C)(=O)=O. The molecule has 0 saturated heterocycles. The molecule has 0 radical (unpaired) electrons. The first-order valence-corrected chi connectivity index (χ1v) is 16.1. The first-order valence-electron chi connectivity index (χ1n) is 13.8. The van der Waals surface area contributed by atoms with Gasteiger partial charge in [-0.05, 0) is 56.0 Å². The highest BCUT2D eigenvalue weighted by molar-refractivity contribution is 7.92. The van der Waals surface area contributed by atoms with Crippen molar-refractivity contribution < 1.29 is 27.5 Å². The smallest absolute Gasteiger partial charge is 0.242 e. The summed E-state index contributed by atoms with van der Waals surface area (Å²) in [5.74, 6) is 0.632. The number of nitrogens with one attached hydrogen (secondary N) is 1. The number of hydrogen-bond donors (Lipinski definition) is 1. The van der Waals surface area contributed by atoms with Gasteiger partial charge in [-0.3, -0.25) is 13.9 Å². The van der Waals surface area contributed by atoms with E-state index in [-0.39, 0.29) is 43.8 Å². The summed E-state index contributed by atoms with van der Waals surface area (Å²) in [7, 11) is -3.63. The van der Waals surface area contributed by atoms with Crippen LogP contribution in [-0.2, 0) is 26.2 Å². The van der Waals surface area contributed by atoms with Crippen molar-refractivity contribution in [3.05, 3.63) is 53.1 Å². The van der Waals surface area contributed by atoms with E-state index in [1.54, 1.807) is 42.2 Å². The van der Waals surface area contributed by atoms with Crippen LogP contribution in [0.1, 0.15) is 57.4 Å². The van der Waals surface area contributed by atoms with E-state index in [9.17, 15) is 18.0 Å². The van der Waals surface area contributed by atoms with Gasteiger partial charge in [0, 0.05) is 36.6 Å². The summed E-state index contributed by atoms with van der Waals surface area (Å²) in [5.41, 5.74) is 1.25. The second-order valence-corrected chi connectivity index (χ2v) is 12.8. The first kappa shape index (κ1) is 30.0. The molecule has 11 heteroatoms. The molecule has 1 aliphatic carbocycles. The number of amides is 2. The maximum Gasteiger partial charge on any atom is 0.242 e. The highest BCUT2D eigenvalue weighted by Crippen LogP contribution is 2.35. The molecule has 1 saturated carbocycles. The molecule has 2 amide bonds. The van der Waals surface area contributed by atoms with Crippen LogP contribution in [0.25, 0.3) is 0 Å². The van der Waals surface area contributed by atoms with E-state index >= 15 is 0 Å². The van der Waals surface area contributed by atoms with E-state index in [1.165, 1.54) is 10.7 Å². The number of fused-ring (bicyclic) bond motifs is 1. The van der Waals surface area contributed by atoms with Crippen LogP contribution < -0.4 is 19.1 Å². The van der Waals surface area contributed by atoms with E-state index in [1.807, 2.05) is 12.1 Å². The normalized spacial score (nSPS) is 16.2. The molecule has 1 aliphatic heterocycles. The topological polar surface area (TPSA) is 105 Å². The van der Waals surface area contributed by atoms with Gasteiger partial charge in [0.15, 0.2) is 11.5 Å².